The first-order valence-corrected chi connectivity index (χ1v) is 6.82. The first-order chi connectivity index (χ1) is 10.0. The molecule has 2 aromatic carbocycles. The summed E-state index contributed by atoms with van der Waals surface area (Å²) in [6.45, 7) is 0.544. The molecule has 0 radical (unpaired) electrons. The third-order valence-corrected chi connectivity index (χ3v) is 3.36. The number of ether oxygens (including phenoxy) is 1. The fourth-order valence-electron chi connectivity index (χ4n) is 1.79. The van der Waals surface area contributed by atoms with Crippen molar-refractivity contribution in [2.45, 2.75) is 6.54 Å². The van der Waals surface area contributed by atoms with Gasteiger partial charge in [0, 0.05) is 18.2 Å². The predicted molar refractivity (Wildman–Crippen MR) is 82.4 cm³/mol. The monoisotopic (exact) mass is 326 g/mol. The van der Waals surface area contributed by atoms with Crippen molar-refractivity contribution in [2.75, 3.05) is 7.05 Å². The zero-order valence-electron chi connectivity index (χ0n) is 11.1. The molecule has 0 saturated carbocycles. The van der Waals surface area contributed by atoms with Gasteiger partial charge in [0.2, 0.25) is 0 Å². The minimum atomic E-state index is -0.510. The molecule has 7 heteroatoms. The van der Waals surface area contributed by atoms with Crippen molar-refractivity contribution in [3.8, 4) is 11.5 Å². The van der Waals surface area contributed by atoms with Crippen LogP contribution < -0.4 is 10.1 Å². The average Bonchev–Trinajstić information content (AvgIpc) is 2.44. The van der Waals surface area contributed by atoms with E-state index in [0.717, 1.165) is 5.56 Å². The number of non-ortho nitro benzene ring substituents is 1. The summed E-state index contributed by atoms with van der Waals surface area (Å²) in [5.74, 6) is 0.618. The third-order valence-electron chi connectivity index (χ3n) is 2.75. The maximum atomic E-state index is 10.8. The molecule has 5 nitrogen and oxygen atoms in total. The second-order valence-corrected chi connectivity index (χ2v) is 5.05. The predicted octanol–water partition coefficient (Wildman–Crippen LogP) is 4.41. The van der Waals surface area contributed by atoms with Gasteiger partial charge in [0.25, 0.3) is 5.69 Å². The number of halogens is 2. The Bertz CT molecular complexity index is 677. The molecule has 0 spiro atoms. The lowest BCUT2D eigenvalue weighted by molar-refractivity contribution is -0.384. The number of hydrogen-bond acceptors (Lipinski definition) is 4. The molecule has 0 amide bonds. The van der Waals surface area contributed by atoms with E-state index in [4.69, 9.17) is 27.9 Å². The number of rotatable bonds is 5. The molecule has 2 aromatic rings. The Morgan fingerprint density at radius 2 is 2.00 bits per heavy atom. The van der Waals surface area contributed by atoms with Crippen molar-refractivity contribution in [3.05, 3.63) is 62.1 Å². The lowest BCUT2D eigenvalue weighted by Gasteiger charge is -2.13. The molecule has 0 atom stereocenters. The van der Waals surface area contributed by atoms with E-state index >= 15 is 0 Å². The highest BCUT2D eigenvalue weighted by Gasteiger charge is 2.15. The lowest BCUT2D eigenvalue weighted by Crippen LogP contribution is -2.06. The van der Waals surface area contributed by atoms with E-state index in [1.165, 1.54) is 18.2 Å². The zero-order valence-corrected chi connectivity index (χ0v) is 12.6. The molecule has 110 valence electrons. The number of nitrogens with one attached hydrogen (secondary N) is 1. The van der Waals surface area contributed by atoms with E-state index in [0.29, 0.717) is 17.3 Å². The smallest absolute Gasteiger partial charge is 0.273 e. The molecular weight excluding hydrogens is 315 g/mol. The molecule has 0 aliphatic rings. The van der Waals surface area contributed by atoms with Gasteiger partial charge in [0.05, 0.1) is 21.0 Å². The van der Waals surface area contributed by atoms with Crippen LogP contribution in [0.4, 0.5) is 5.69 Å². The van der Waals surface area contributed by atoms with E-state index in [1.54, 1.807) is 19.2 Å². The molecule has 1 N–H and O–H groups in total. The number of benzene rings is 2. The summed E-state index contributed by atoms with van der Waals surface area (Å²) >= 11 is 12.2. The van der Waals surface area contributed by atoms with E-state index < -0.39 is 4.92 Å². The Morgan fingerprint density at radius 1 is 1.24 bits per heavy atom. The van der Waals surface area contributed by atoms with Crippen LogP contribution in [0.15, 0.2) is 36.4 Å². The molecule has 0 fully saturated rings. The molecule has 0 bridgehead atoms. The van der Waals surface area contributed by atoms with Gasteiger partial charge in [-0.3, -0.25) is 10.1 Å². The lowest BCUT2D eigenvalue weighted by atomic mass is 10.2. The zero-order chi connectivity index (χ0) is 15.4. The Labute approximate surface area is 131 Å². The van der Waals surface area contributed by atoms with Gasteiger partial charge in [-0.05, 0) is 19.2 Å². The van der Waals surface area contributed by atoms with Crippen molar-refractivity contribution < 1.29 is 9.66 Å². The Balaban J connectivity index is 2.42. The topological polar surface area (TPSA) is 64.4 Å². The van der Waals surface area contributed by atoms with E-state index in [1.807, 2.05) is 6.07 Å². The SMILES string of the molecule is CNCc1cccc(Cl)c1Oc1cc([N+](=O)[O-])ccc1Cl. The average molecular weight is 327 g/mol. The van der Waals surface area contributed by atoms with Crippen LogP contribution in [0.5, 0.6) is 11.5 Å². The quantitative estimate of drug-likeness (QED) is 0.652. The van der Waals surface area contributed by atoms with Gasteiger partial charge in [-0.1, -0.05) is 35.3 Å². The van der Waals surface area contributed by atoms with E-state index in [9.17, 15) is 10.1 Å². The van der Waals surface area contributed by atoms with Gasteiger partial charge in [-0.25, -0.2) is 0 Å². The largest absolute Gasteiger partial charge is 0.454 e. The van der Waals surface area contributed by atoms with Crippen molar-refractivity contribution >= 4 is 28.9 Å². The second kappa shape index (κ2) is 6.76. The van der Waals surface area contributed by atoms with Crippen LogP contribution in [0.3, 0.4) is 0 Å². The van der Waals surface area contributed by atoms with Crippen molar-refractivity contribution in [2.24, 2.45) is 0 Å². The molecule has 0 saturated heterocycles. The van der Waals surface area contributed by atoms with Crippen LogP contribution in [0, 0.1) is 10.1 Å². The van der Waals surface area contributed by atoms with E-state index in [2.05, 4.69) is 5.32 Å². The molecule has 0 heterocycles. The van der Waals surface area contributed by atoms with E-state index in [-0.39, 0.29) is 16.5 Å². The van der Waals surface area contributed by atoms with Crippen LogP contribution in [0.1, 0.15) is 5.56 Å². The summed E-state index contributed by atoms with van der Waals surface area (Å²) in [5, 5.41) is 14.5. The van der Waals surface area contributed by atoms with Gasteiger partial charge in [-0.2, -0.15) is 0 Å². The highest BCUT2D eigenvalue weighted by molar-refractivity contribution is 6.33. The van der Waals surface area contributed by atoms with Gasteiger partial charge < -0.3 is 10.1 Å². The summed E-state index contributed by atoms with van der Waals surface area (Å²) in [7, 11) is 1.80. The highest BCUT2D eigenvalue weighted by atomic mass is 35.5. The van der Waals surface area contributed by atoms with Crippen LogP contribution in [0.2, 0.25) is 10.0 Å². The van der Waals surface area contributed by atoms with Crippen molar-refractivity contribution in [3.63, 3.8) is 0 Å². The number of nitro benzene ring substituents is 1. The van der Waals surface area contributed by atoms with Gasteiger partial charge >= 0.3 is 0 Å². The fraction of sp³-hybridized carbons (Fsp3) is 0.143. The van der Waals surface area contributed by atoms with Crippen LogP contribution in [0.25, 0.3) is 0 Å². The van der Waals surface area contributed by atoms with Crippen LogP contribution in [-0.4, -0.2) is 12.0 Å². The molecular formula is C14H12Cl2N2O3. The number of hydrogen-bond donors (Lipinski definition) is 1. The Morgan fingerprint density at radius 3 is 2.67 bits per heavy atom. The highest BCUT2D eigenvalue weighted by Crippen LogP contribution is 2.37. The molecule has 2 rings (SSSR count). The summed E-state index contributed by atoms with van der Waals surface area (Å²) in [5.41, 5.74) is 0.726. The summed E-state index contributed by atoms with van der Waals surface area (Å²) in [6.07, 6.45) is 0. The van der Waals surface area contributed by atoms with Gasteiger partial charge in [0.15, 0.2) is 11.5 Å². The first kappa shape index (κ1) is 15.6. The minimum Gasteiger partial charge on any atom is -0.454 e. The van der Waals surface area contributed by atoms with Gasteiger partial charge in [-0.15, -0.1) is 0 Å². The molecule has 0 aromatic heterocycles. The molecule has 0 aliphatic carbocycles. The number of nitrogens with zero attached hydrogens (tertiary/aromatic N) is 1. The second-order valence-electron chi connectivity index (χ2n) is 4.23. The number of para-hydroxylation sites is 1. The first-order valence-electron chi connectivity index (χ1n) is 6.06. The van der Waals surface area contributed by atoms with Gasteiger partial charge in [0.1, 0.15) is 0 Å². The van der Waals surface area contributed by atoms with Crippen LogP contribution >= 0.6 is 23.2 Å². The molecule has 0 aliphatic heterocycles. The molecule has 21 heavy (non-hydrogen) atoms. The summed E-state index contributed by atoms with van der Waals surface area (Å²) < 4.78 is 5.71. The maximum Gasteiger partial charge on any atom is 0.273 e. The van der Waals surface area contributed by atoms with Crippen LogP contribution in [-0.2, 0) is 6.54 Å². The van der Waals surface area contributed by atoms with Crippen molar-refractivity contribution in [1.29, 1.82) is 0 Å². The number of nitro groups is 1. The fourth-order valence-corrected chi connectivity index (χ4v) is 2.18. The molecule has 0 unspecified atom stereocenters. The summed E-state index contributed by atoms with van der Waals surface area (Å²) in [6, 6.07) is 9.34. The Hall–Kier alpha value is -1.82. The minimum absolute atomic E-state index is 0.100. The summed E-state index contributed by atoms with van der Waals surface area (Å²) in [4.78, 5) is 10.3. The maximum absolute atomic E-state index is 10.8. The normalized spacial score (nSPS) is 10.4. The third kappa shape index (κ3) is 3.64. The Kier molecular flexibility index (Phi) is 5.01. The standard InChI is InChI=1S/C14H12Cl2N2O3/c1-17-8-9-3-2-4-12(16)14(9)21-13-7-10(18(19)20)5-6-11(13)15/h2-7,17H,8H2,1H3. The van der Waals surface area contributed by atoms with Crippen molar-refractivity contribution in [1.82, 2.24) is 5.32 Å².